The van der Waals surface area contributed by atoms with Crippen LogP contribution in [0.5, 0.6) is 5.75 Å². The van der Waals surface area contributed by atoms with Gasteiger partial charge in [-0.2, -0.15) is 0 Å². The van der Waals surface area contributed by atoms with E-state index in [1.54, 1.807) is 0 Å². The van der Waals surface area contributed by atoms with Crippen molar-refractivity contribution in [1.29, 1.82) is 0 Å². The molecule has 2 nitrogen and oxygen atoms in total. The van der Waals surface area contributed by atoms with E-state index in [2.05, 4.69) is 5.32 Å². The Bertz CT molecular complexity index is 318. The van der Waals surface area contributed by atoms with Crippen molar-refractivity contribution < 1.29 is 13.5 Å². The molecule has 0 amide bonds. The Hall–Kier alpha value is -1.16. The second kappa shape index (κ2) is 7.17. The van der Waals surface area contributed by atoms with Gasteiger partial charge in [-0.25, -0.2) is 8.78 Å². The molecule has 1 aromatic carbocycles. The molecular weight excluding hydrogens is 212 g/mol. The van der Waals surface area contributed by atoms with Crippen LogP contribution in [0.15, 0.2) is 18.2 Å². The lowest BCUT2D eigenvalue weighted by atomic mass is 10.3. The molecule has 16 heavy (non-hydrogen) atoms. The highest BCUT2D eigenvalue weighted by molar-refractivity contribution is 5.24. The Morgan fingerprint density at radius 3 is 2.81 bits per heavy atom. The molecule has 0 bridgehead atoms. The Morgan fingerprint density at radius 2 is 2.06 bits per heavy atom. The first kappa shape index (κ1) is 12.9. The molecule has 0 radical (unpaired) electrons. The minimum atomic E-state index is -0.520. The maximum Gasteiger partial charge on any atom is 0.165 e. The SMILES string of the molecule is CCNCCCCOc1cc(F)ccc1F. The monoisotopic (exact) mass is 229 g/mol. The summed E-state index contributed by atoms with van der Waals surface area (Å²) in [6.45, 7) is 4.31. The molecule has 0 saturated heterocycles. The van der Waals surface area contributed by atoms with Crippen molar-refractivity contribution in [3.05, 3.63) is 29.8 Å². The molecular formula is C12H17F2NO. The van der Waals surface area contributed by atoms with Crippen LogP contribution >= 0.6 is 0 Å². The average Bonchev–Trinajstić information content (AvgIpc) is 2.28. The first-order valence-electron chi connectivity index (χ1n) is 5.52. The van der Waals surface area contributed by atoms with Crippen molar-refractivity contribution in [2.75, 3.05) is 19.7 Å². The number of unbranched alkanes of at least 4 members (excludes halogenated alkanes) is 1. The van der Waals surface area contributed by atoms with E-state index >= 15 is 0 Å². The summed E-state index contributed by atoms with van der Waals surface area (Å²) in [7, 11) is 0. The van der Waals surface area contributed by atoms with Crippen LogP contribution < -0.4 is 10.1 Å². The quantitative estimate of drug-likeness (QED) is 0.726. The number of halogens is 2. The first-order chi connectivity index (χ1) is 7.74. The molecule has 1 rings (SSSR count). The molecule has 0 aliphatic carbocycles. The van der Waals surface area contributed by atoms with Crippen LogP contribution in [0.3, 0.4) is 0 Å². The Balaban J connectivity index is 2.23. The highest BCUT2D eigenvalue weighted by Gasteiger charge is 2.04. The minimum absolute atomic E-state index is 0.0107. The van der Waals surface area contributed by atoms with Gasteiger partial charge in [0.05, 0.1) is 6.61 Å². The second-order valence-electron chi connectivity index (χ2n) is 3.48. The summed E-state index contributed by atoms with van der Waals surface area (Å²) in [5.74, 6) is -1.01. The predicted octanol–water partition coefficient (Wildman–Crippen LogP) is 2.73. The zero-order valence-corrected chi connectivity index (χ0v) is 9.43. The van der Waals surface area contributed by atoms with Gasteiger partial charge in [0.15, 0.2) is 11.6 Å². The molecule has 0 saturated carbocycles. The number of nitrogens with one attached hydrogen (secondary N) is 1. The summed E-state index contributed by atoms with van der Waals surface area (Å²) in [4.78, 5) is 0. The Labute approximate surface area is 94.6 Å². The molecule has 0 fully saturated rings. The largest absolute Gasteiger partial charge is 0.490 e. The van der Waals surface area contributed by atoms with Gasteiger partial charge in [-0.3, -0.25) is 0 Å². The third-order valence-electron chi connectivity index (χ3n) is 2.15. The van der Waals surface area contributed by atoms with Crippen molar-refractivity contribution in [1.82, 2.24) is 5.32 Å². The van der Waals surface area contributed by atoms with E-state index < -0.39 is 11.6 Å². The molecule has 1 N–H and O–H groups in total. The van der Waals surface area contributed by atoms with Crippen LogP contribution in [0.25, 0.3) is 0 Å². The van der Waals surface area contributed by atoms with Gasteiger partial charge in [0.1, 0.15) is 5.82 Å². The Kier molecular flexibility index (Phi) is 5.78. The topological polar surface area (TPSA) is 21.3 Å². The number of ether oxygens (including phenoxy) is 1. The fourth-order valence-corrected chi connectivity index (χ4v) is 1.30. The number of rotatable bonds is 7. The highest BCUT2D eigenvalue weighted by Crippen LogP contribution is 2.18. The van der Waals surface area contributed by atoms with E-state index in [0.717, 1.165) is 44.1 Å². The lowest BCUT2D eigenvalue weighted by Crippen LogP contribution is -2.14. The normalized spacial score (nSPS) is 10.4. The lowest BCUT2D eigenvalue weighted by Gasteiger charge is -2.07. The first-order valence-corrected chi connectivity index (χ1v) is 5.52. The van der Waals surface area contributed by atoms with Crippen LogP contribution in [-0.2, 0) is 0 Å². The van der Waals surface area contributed by atoms with Gasteiger partial charge < -0.3 is 10.1 Å². The molecule has 0 aliphatic rings. The fraction of sp³-hybridized carbons (Fsp3) is 0.500. The van der Waals surface area contributed by atoms with Gasteiger partial charge >= 0.3 is 0 Å². The third-order valence-corrected chi connectivity index (χ3v) is 2.15. The second-order valence-corrected chi connectivity index (χ2v) is 3.48. The molecule has 90 valence electrons. The van der Waals surface area contributed by atoms with E-state index in [0.29, 0.717) is 6.61 Å². The summed E-state index contributed by atoms with van der Waals surface area (Å²) in [5.41, 5.74) is 0. The van der Waals surface area contributed by atoms with Crippen LogP contribution in [0.2, 0.25) is 0 Å². The van der Waals surface area contributed by atoms with E-state index in [1.165, 1.54) is 0 Å². The standard InChI is InChI=1S/C12H17F2NO/c1-2-15-7-3-4-8-16-12-9-10(13)5-6-11(12)14/h5-6,9,15H,2-4,7-8H2,1H3. The number of hydrogen-bond acceptors (Lipinski definition) is 2. The molecule has 0 aromatic heterocycles. The van der Waals surface area contributed by atoms with Crippen molar-refractivity contribution >= 4 is 0 Å². The van der Waals surface area contributed by atoms with Gasteiger partial charge in [0, 0.05) is 6.07 Å². The zero-order valence-electron chi connectivity index (χ0n) is 9.43. The summed E-state index contributed by atoms with van der Waals surface area (Å²) in [6, 6.07) is 3.22. The smallest absolute Gasteiger partial charge is 0.165 e. The minimum Gasteiger partial charge on any atom is -0.490 e. The lowest BCUT2D eigenvalue weighted by molar-refractivity contribution is 0.289. The Morgan fingerprint density at radius 1 is 1.25 bits per heavy atom. The van der Waals surface area contributed by atoms with Crippen molar-refractivity contribution in [2.45, 2.75) is 19.8 Å². The number of hydrogen-bond donors (Lipinski definition) is 1. The van der Waals surface area contributed by atoms with Crippen LogP contribution in [0.4, 0.5) is 8.78 Å². The summed E-state index contributed by atoms with van der Waals surface area (Å²) in [6.07, 6.45) is 1.79. The highest BCUT2D eigenvalue weighted by atomic mass is 19.1. The molecule has 0 spiro atoms. The predicted molar refractivity (Wildman–Crippen MR) is 59.6 cm³/mol. The van der Waals surface area contributed by atoms with Crippen molar-refractivity contribution in [3.8, 4) is 5.75 Å². The third kappa shape index (κ3) is 4.57. The molecule has 4 heteroatoms. The molecule has 0 unspecified atom stereocenters. The van der Waals surface area contributed by atoms with Gasteiger partial charge in [-0.05, 0) is 38.1 Å². The maximum absolute atomic E-state index is 13.1. The zero-order chi connectivity index (χ0) is 11.8. The van der Waals surface area contributed by atoms with Crippen molar-refractivity contribution in [2.24, 2.45) is 0 Å². The average molecular weight is 229 g/mol. The molecule has 0 atom stereocenters. The van der Waals surface area contributed by atoms with Crippen LogP contribution in [0, 0.1) is 11.6 Å². The van der Waals surface area contributed by atoms with Gasteiger partial charge in [0.2, 0.25) is 0 Å². The molecule has 0 aliphatic heterocycles. The van der Waals surface area contributed by atoms with Gasteiger partial charge in [0.25, 0.3) is 0 Å². The summed E-state index contributed by atoms with van der Waals surface area (Å²) < 4.78 is 31.0. The van der Waals surface area contributed by atoms with Crippen molar-refractivity contribution in [3.63, 3.8) is 0 Å². The fourth-order valence-electron chi connectivity index (χ4n) is 1.30. The number of benzene rings is 1. The molecule has 0 heterocycles. The van der Waals surface area contributed by atoms with E-state index in [9.17, 15) is 8.78 Å². The van der Waals surface area contributed by atoms with E-state index in [4.69, 9.17) is 4.74 Å². The van der Waals surface area contributed by atoms with Crippen LogP contribution in [-0.4, -0.2) is 19.7 Å². The summed E-state index contributed by atoms with van der Waals surface area (Å²) >= 11 is 0. The van der Waals surface area contributed by atoms with E-state index in [-0.39, 0.29) is 5.75 Å². The maximum atomic E-state index is 13.1. The summed E-state index contributed by atoms with van der Waals surface area (Å²) in [5, 5.41) is 3.18. The van der Waals surface area contributed by atoms with E-state index in [1.807, 2.05) is 6.92 Å². The van der Waals surface area contributed by atoms with Crippen LogP contribution in [0.1, 0.15) is 19.8 Å². The van der Waals surface area contributed by atoms with Gasteiger partial charge in [-0.15, -0.1) is 0 Å². The van der Waals surface area contributed by atoms with Gasteiger partial charge in [-0.1, -0.05) is 6.92 Å². The molecule has 1 aromatic rings.